The van der Waals surface area contributed by atoms with Crippen LogP contribution in [0.15, 0.2) is 54.6 Å². The molecule has 6 nitrogen and oxygen atoms in total. The van der Waals surface area contributed by atoms with Gasteiger partial charge in [0.05, 0.1) is 12.7 Å². The highest BCUT2D eigenvalue weighted by Crippen LogP contribution is 2.67. The van der Waals surface area contributed by atoms with E-state index in [1.807, 2.05) is 54.6 Å². The van der Waals surface area contributed by atoms with Crippen LogP contribution >= 0.6 is 0 Å². The van der Waals surface area contributed by atoms with Crippen molar-refractivity contribution in [2.75, 3.05) is 0 Å². The third-order valence-corrected chi connectivity index (χ3v) is 6.04. The highest BCUT2D eigenvalue weighted by Gasteiger charge is 2.85. The molecular weight excluding hydrogens is 365 g/mol. The molecule has 2 aromatic carbocycles. The van der Waals surface area contributed by atoms with Crippen molar-refractivity contribution in [1.29, 1.82) is 0 Å². The Morgan fingerprint density at radius 1 is 1.07 bits per heavy atom. The zero-order valence-electron chi connectivity index (χ0n) is 14.9. The summed E-state index contributed by atoms with van der Waals surface area (Å²) in [4.78, 5) is 23.0. The minimum Gasteiger partial charge on any atom is -0.480 e. The van der Waals surface area contributed by atoms with E-state index in [4.69, 9.17) is 15.6 Å². The second-order valence-electron chi connectivity index (χ2n) is 7.45. The molecule has 0 aliphatic heterocycles. The van der Waals surface area contributed by atoms with Crippen molar-refractivity contribution in [2.45, 2.75) is 30.3 Å². The van der Waals surface area contributed by atoms with E-state index in [0.29, 0.717) is 0 Å². The summed E-state index contributed by atoms with van der Waals surface area (Å²) in [6, 6.07) is 17.2. The maximum absolute atomic E-state index is 14.6. The standard InChI is InChI=1S/C21H20FNO5/c22-20(18(24)25)15-10-16(21(23,17(15)20)19(26)27)28-11-13-8-4-5-9-14(13)12-6-2-1-3-7-12/h1-9,15-17H,10-11,23H2,(H,24,25)(H,26,27)/t15-,16-,17+,20-,21+/m1/s1. The molecule has 7 heteroatoms. The number of hydrogen-bond acceptors (Lipinski definition) is 4. The van der Waals surface area contributed by atoms with Gasteiger partial charge in [-0.2, -0.15) is 0 Å². The summed E-state index contributed by atoms with van der Waals surface area (Å²) in [5.74, 6) is -5.33. The van der Waals surface area contributed by atoms with Gasteiger partial charge < -0.3 is 20.7 Å². The Kier molecular flexibility index (Phi) is 4.24. The lowest BCUT2D eigenvalue weighted by Crippen LogP contribution is -2.60. The maximum Gasteiger partial charge on any atom is 0.342 e. The molecule has 0 aromatic heterocycles. The monoisotopic (exact) mass is 385 g/mol. The van der Waals surface area contributed by atoms with Crippen LogP contribution in [0.1, 0.15) is 12.0 Å². The molecule has 0 saturated heterocycles. The molecule has 2 aromatic rings. The lowest BCUT2D eigenvalue weighted by molar-refractivity contribution is -0.156. The topological polar surface area (TPSA) is 110 Å². The highest BCUT2D eigenvalue weighted by atomic mass is 19.1. The van der Waals surface area contributed by atoms with Gasteiger partial charge >= 0.3 is 11.9 Å². The van der Waals surface area contributed by atoms with Crippen LogP contribution in [0.3, 0.4) is 0 Å². The molecule has 0 radical (unpaired) electrons. The minimum absolute atomic E-state index is 0.0379. The molecule has 0 unspecified atom stereocenters. The molecule has 5 atom stereocenters. The summed E-state index contributed by atoms with van der Waals surface area (Å²) < 4.78 is 20.4. The van der Waals surface area contributed by atoms with E-state index in [9.17, 15) is 19.1 Å². The van der Waals surface area contributed by atoms with Gasteiger partial charge in [-0.1, -0.05) is 54.6 Å². The molecule has 0 spiro atoms. The van der Waals surface area contributed by atoms with E-state index in [1.165, 1.54) is 0 Å². The van der Waals surface area contributed by atoms with E-state index >= 15 is 0 Å². The van der Waals surface area contributed by atoms with Crippen LogP contribution in [0.5, 0.6) is 0 Å². The van der Waals surface area contributed by atoms with Gasteiger partial charge in [0.2, 0.25) is 5.67 Å². The molecular formula is C21H20FNO5. The Morgan fingerprint density at radius 3 is 2.36 bits per heavy atom. The summed E-state index contributed by atoms with van der Waals surface area (Å²) in [5, 5.41) is 18.7. The molecule has 4 rings (SSSR count). The number of nitrogens with two attached hydrogens (primary N) is 1. The zero-order chi connectivity index (χ0) is 20.1. The largest absolute Gasteiger partial charge is 0.480 e. The van der Waals surface area contributed by atoms with Crippen molar-refractivity contribution in [1.82, 2.24) is 0 Å². The van der Waals surface area contributed by atoms with Crippen molar-refractivity contribution in [2.24, 2.45) is 17.6 Å². The number of hydrogen-bond donors (Lipinski definition) is 3. The van der Waals surface area contributed by atoms with Gasteiger partial charge in [0.15, 0.2) is 0 Å². The third kappa shape index (κ3) is 2.54. The number of carboxylic acids is 2. The Morgan fingerprint density at radius 2 is 1.71 bits per heavy atom. The summed E-state index contributed by atoms with van der Waals surface area (Å²) in [6.45, 7) is 0.0910. The Hall–Kier alpha value is -2.77. The first-order valence-corrected chi connectivity index (χ1v) is 9.00. The number of ether oxygens (including phenoxy) is 1. The number of aliphatic carboxylic acids is 2. The van der Waals surface area contributed by atoms with Gasteiger partial charge in [-0.05, 0) is 23.1 Å². The van der Waals surface area contributed by atoms with Crippen molar-refractivity contribution >= 4 is 11.9 Å². The lowest BCUT2D eigenvalue weighted by Gasteiger charge is -2.31. The summed E-state index contributed by atoms with van der Waals surface area (Å²) in [5.41, 5.74) is 4.14. The predicted molar refractivity (Wildman–Crippen MR) is 98.1 cm³/mol. The maximum atomic E-state index is 14.6. The molecule has 2 fully saturated rings. The first-order valence-electron chi connectivity index (χ1n) is 9.00. The van der Waals surface area contributed by atoms with Gasteiger partial charge in [-0.15, -0.1) is 0 Å². The summed E-state index contributed by atoms with van der Waals surface area (Å²) >= 11 is 0. The molecule has 2 saturated carbocycles. The van der Waals surface area contributed by atoms with Gasteiger partial charge in [0.1, 0.15) is 5.54 Å². The van der Waals surface area contributed by atoms with Gasteiger partial charge in [0, 0.05) is 11.8 Å². The fourth-order valence-electron chi connectivity index (χ4n) is 4.54. The number of carboxylic acid groups (broad SMARTS) is 2. The second kappa shape index (κ2) is 6.39. The van der Waals surface area contributed by atoms with Crippen LogP contribution in [0.25, 0.3) is 11.1 Å². The van der Waals surface area contributed by atoms with Crippen LogP contribution in [-0.4, -0.2) is 39.5 Å². The lowest BCUT2D eigenvalue weighted by atomic mass is 9.88. The van der Waals surface area contributed by atoms with E-state index in [0.717, 1.165) is 16.7 Å². The summed E-state index contributed by atoms with van der Waals surface area (Å²) in [7, 11) is 0. The van der Waals surface area contributed by atoms with E-state index in [2.05, 4.69) is 0 Å². The van der Waals surface area contributed by atoms with Gasteiger partial charge in [0.25, 0.3) is 0 Å². The Bertz CT molecular complexity index is 935. The van der Waals surface area contributed by atoms with Crippen molar-refractivity contribution in [3.8, 4) is 11.1 Å². The zero-order valence-corrected chi connectivity index (χ0v) is 14.9. The fourth-order valence-corrected chi connectivity index (χ4v) is 4.54. The van der Waals surface area contributed by atoms with Crippen LogP contribution in [0.2, 0.25) is 0 Å². The molecule has 0 amide bonds. The van der Waals surface area contributed by atoms with Crippen molar-refractivity contribution < 1.29 is 28.9 Å². The first-order chi connectivity index (χ1) is 13.3. The van der Waals surface area contributed by atoms with Crippen LogP contribution in [-0.2, 0) is 20.9 Å². The normalized spacial score (nSPS) is 33.3. The number of fused-ring (bicyclic) bond motifs is 1. The smallest absolute Gasteiger partial charge is 0.342 e. The van der Waals surface area contributed by atoms with Crippen molar-refractivity contribution in [3.63, 3.8) is 0 Å². The molecule has 28 heavy (non-hydrogen) atoms. The Labute approximate surface area is 160 Å². The third-order valence-electron chi connectivity index (χ3n) is 6.04. The minimum atomic E-state index is -2.59. The fraction of sp³-hybridized carbons (Fsp3) is 0.333. The second-order valence-corrected chi connectivity index (χ2v) is 7.45. The molecule has 146 valence electrons. The number of halogens is 1. The predicted octanol–water partition coefficient (Wildman–Crippen LogP) is 2.46. The van der Waals surface area contributed by atoms with Gasteiger partial charge in [-0.25, -0.2) is 9.18 Å². The quantitative estimate of drug-likeness (QED) is 0.705. The Balaban J connectivity index is 1.56. The molecule has 2 aliphatic carbocycles. The van der Waals surface area contributed by atoms with E-state index in [-0.39, 0.29) is 13.0 Å². The van der Waals surface area contributed by atoms with Crippen molar-refractivity contribution in [3.05, 3.63) is 60.2 Å². The summed E-state index contributed by atoms with van der Waals surface area (Å²) in [6.07, 6.45) is -1.00. The van der Waals surface area contributed by atoms with Crippen LogP contribution in [0, 0.1) is 11.8 Å². The molecule has 2 aliphatic rings. The average Bonchev–Trinajstić information content (AvgIpc) is 3.17. The van der Waals surface area contributed by atoms with Crippen LogP contribution < -0.4 is 5.73 Å². The number of rotatable bonds is 6. The van der Waals surface area contributed by atoms with E-state index in [1.54, 1.807) is 0 Å². The van der Waals surface area contributed by atoms with Gasteiger partial charge in [-0.3, -0.25) is 4.79 Å². The molecule has 0 bridgehead atoms. The number of alkyl halides is 1. The number of benzene rings is 2. The van der Waals surface area contributed by atoms with E-state index < -0.39 is 41.1 Å². The first kappa shape index (κ1) is 18.6. The highest BCUT2D eigenvalue weighted by molar-refractivity contribution is 5.90. The van der Waals surface area contributed by atoms with Crippen LogP contribution in [0.4, 0.5) is 4.39 Å². The average molecular weight is 385 g/mol. The SMILES string of the molecule is N[C@]1(C(=O)O)[C@H]2[C@@H](C[C@H]1OCc1ccccc1-c1ccccc1)[C@]2(F)C(=O)O. The molecule has 4 N–H and O–H groups in total. The molecule has 0 heterocycles. The number of carbonyl (C=O) groups is 2.